The number of nitrogens with zero attached hydrogens (tertiary/aromatic N) is 4. The SMILES string of the molecule is c1ccc(Oc2nnnn2[C@H]2CO[C@H]3[C@@H]2OC[C@@H]3NCc2ccco2)cc1. The average Bonchev–Trinajstić information content (AvgIpc) is 3.47. The summed E-state index contributed by atoms with van der Waals surface area (Å²) in [5, 5.41) is 15.3. The van der Waals surface area contributed by atoms with Gasteiger partial charge >= 0.3 is 6.01 Å². The van der Waals surface area contributed by atoms with Gasteiger partial charge in [0.25, 0.3) is 0 Å². The molecule has 2 aliphatic heterocycles. The molecule has 4 heterocycles. The Morgan fingerprint density at radius 3 is 2.81 bits per heavy atom. The number of ether oxygens (including phenoxy) is 3. The third-order valence-electron chi connectivity index (χ3n) is 4.87. The molecule has 4 atom stereocenters. The van der Waals surface area contributed by atoms with E-state index in [4.69, 9.17) is 18.6 Å². The lowest BCUT2D eigenvalue weighted by atomic mass is 10.1. The fourth-order valence-corrected chi connectivity index (χ4v) is 3.56. The Morgan fingerprint density at radius 1 is 1.07 bits per heavy atom. The molecule has 0 bridgehead atoms. The van der Waals surface area contributed by atoms with E-state index in [-0.39, 0.29) is 24.3 Å². The first kappa shape index (κ1) is 16.4. The van der Waals surface area contributed by atoms with E-state index in [1.807, 2.05) is 42.5 Å². The van der Waals surface area contributed by atoms with Crippen molar-refractivity contribution < 1.29 is 18.6 Å². The van der Waals surface area contributed by atoms with Gasteiger partial charge in [0.2, 0.25) is 0 Å². The molecule has 2 fully saturated rings. The van der Waals surface area contributed by atoms with Crippen molar-refractivity contribution >= 4 is 0 Å². The normalized spacial score (nSPS) is 27.0. The van der Waals surface area contributed by atoms with Crippen LogP contribution in [-0.2, 0) is 16.0 Å². The number of hydrogen-bond donors (Lipinski definition) is 1. The van der Waals surface area contributed by atoms with E-state index in [1.165, 1.54) is 0 Å². The van der Waals surface area contributed by atoms with Crippen LogP contribution in [0.1, 0.15) is 11.8 Å². The second kappa shape index (κ2) is 7.10. The molecule has 3 aromatic rings. The molecule has 140 valence electrons. The highest BCUT2D eigenvalue weighted by molar-refractivity contribution is 5.24. The number of rotatable bonds is 6. The molecular formula is C18H19N5O4. The molecule has 2 aromatic heterocycles. The summed E-state index contributed by atoms with van der Waals surface area (Å²) >= 11 is 0. The summed E-state index contributed by atoms with van der Waals surface area (Å²) in [5.41, 5.74) is 0. The highest BCUT2D eigenvalue weighted by atomic mass is 16.6. The maximum Gasteiger partial charge on any atom is 0.341 e. The average molecular weight is 369 g/mol. The molecule has 9 nitrogen and oxygen atoms in total. The molecule has 1 N–H and O–H groups in total. The minimum Gasteiger partial charge on any atom is -0.468 e. The summed E-state index contributed by atoms with van der Waals surface area (Å²) in [7, 11) is 0. The van der Waals surface area contributed by atoms with Gasteiger partial charge in [0.05, 0.1) is 32.1 Å². The zero-order valence-corrected chi connectivity index (χ0v) is 14.5. The van der Waals surface area contributed by atoms with E-state index in [1.54, 1.807) is 10.9 Å². The van der Waals surface area contributed by atoms with E-state index < -0.39 is 0 Å². The largest absolute Gasteiger partial charge is 0.468 e. The van der Waals surface area contributed by atoms with Crippen molar-refractivity contribution in [3.8, 4) is 11.8 Å². The lowest BCUT2D eigenvalue weighted by molar-refractivity contribution is 0.0611. The van der Waals surface area contributed by atoms with Gasteiger partial charge in [-0.15, -0.1) is 0 Å². The van der Waals surface area contributed by atoms with Gasteiger partial charge in [-0.05, 0) is 34.7 Å². The van der Waals surface area contributed by atoms with E-state index in [9.17, 15) is 0 Å². The number of benzene rings is 1. The smallest absolute Gasteiger partial charge is 0.341 e. The Morgan fingerprint density at radius 2 is 1.96 bits per heavy atom. The van der Waals surface area contributed by atoms with Crippen LogP contribution in [0.15, 0.2) is 53.1 Å². The van der Waals surface area contributed by atoms with Crippen LogP contribution in [0, 0.1) is 0 Å². The highest BCUT2D eigenvalue weighted by Crippen LogP contribution is 2.36. The molecule has 1 aromatic carbocycles. The Balaban J connectivity index is 1.27. The third-order valence-corrected chi connectivity index (χ3v) is 4.87. The van der Waals surface area contributed by atoms with Crippen LogP contribution in [0.2, 0.25) is 0 Å². The highest BCUT2D eigenvalue weighted by Gasteiger charge is 2.49. The van der Waals surface area contributed by atoms with Crippen LogP contribution >= 0.6 is 0 Å². The van der Waals surface area contributed by atoms with Crippen molar-refractivity contribution in [2.75, 3.05) is 13.2 Å². The van der Waals surface area contributed by atoms with Gasteiger partial charge in [-0.3, -0.25) is 0 Å². The molecule has 0 spiro atoms. The van der Waals surface area contributed by atoms with Crippen molar-refractivity contribution in [3.05, 3.63) is 54.5 Å². The van der Waals surface area contributed by atoms with Crippen molar-refractivity contribution in [3.63, 3.8) is 0 Å². The van der Waals surface area contributed by atoms with Crippen LogP contribution in [0.5, 0.6) is 11.8 Å². The number of fused-ring (bicyclic) bond motifs is 1. The van der Waals surface area contributed by atoms with Gasteiger partial charge in [-0.1, -0.05) is 23.3 Å². The topological polar surface area (TPSA) is 96.5 Å². The molecule has 2 aliphatic rings. The Bertz CT molecular complexity index is 869. The standard InChI is InChI=1S/C18H19N5O4/c1-2-5-12(6-3-1)27-18-20-21-22-23(18)15-11-26-16-14(10-25-17(15)16)19-9-13-7-4-8-24-13/h1-8,14-17,19H,9-11H2/t14-,15-,16+,17+/m0/s1. The van der Waals surface area contributed by atoms with Gasteiger partial charge < -0.3 is 23.9 Å². The van der Waals surface area contributed by atoms with Crippen molar-refractivity contribution in [2.45, 2.75) is 30.8 Å². The third kappa shape index (κ3) is 3.20. The maximum absolute atomic E-state index is 6.01. The Hall–Kier alpha value is -2.75. The van der Waals surface area contributed by atoms with E-state index in [0.29, 0.717) is 31.5 Å². The first-order valence-corrected chi connectivity index (χ1v) is 8.88. The lowest BCUT2D eigenvalue weighted by Crippen LogP contribution is -2.40. The lowest BCUT2D eigenvalue weighted by Gasteiger charge is -2.17. The molecule has 0 radical (unpaired) electrons. The van der Waals surface area contributed by atoms with E-state index >= 15 is 0 Å². The van der Waals surface area contributed by atoms with Gasteiger partial charge in [0, 0.05) is 0 Å². The molecule has 5 rings (SSSR count). The van der Waals surface area contributed by atoms with Crippen molar-refractivity contribution in [1.82, 2.24) is 25.5 Å². The first-order chi connectivity index (χ1) is 13.4. The Labute approximate surface area is 155 Å². The molecule has 0 saturated carbocycles. The number of hydrogen-bond acceptors (Lipinski definition) is 8. The molecule has 0 unspecified atom stereocenters. The van der Waals surface area contributed by atoms with Crippen LogP contribution in [-0.4, -0.2) is 51.7 Å². The molecule has 27 heavy (non-hydrogen) atoms. The summed E-state index contributed by atoms with van der Waals surface area (Å²) in [6.45, 7) is 1.65. The van der Waals surface area contributed by atoms with Gasteiger partial charge in [0.1, 0.15) is 29.8 Å². The number of para-hydroxylation sites is 1. The quantitative estimate of drug-likeness (QED) is 0.699. The van der Waals surface area contributed by atoms with E-state index in [2.05, 4.69) is 20.8 Å². The van der Waals surface area contributed by atoms with Crippen LogP contribution < -0.4 is 10.1 Å². The fourth-order valence-electron chi connectivity index (χ4n) is 3.56. The second-order valence-corrected chi connectivity index (χ2v) is 6.55. The molecular weight excluding hydrogens is 350 g/mol. The van der Waals surface area contributed by atoms with E-state index in [0.717, 1.165) is 5.76 Å². The first-order valence-electron chi connectivity index (χ1n) is 8.88. The monoisotopic (exact) mass is 369 g/mol. The van der Waals surface area contributed by atoms with Gasteiger partial charge in [0.15, 0.2) is 0 Å². The van der Waals surface area contributed by atoms with Crippen molar-refractivity contribution in [2.24, 2.45) is 0 Å². The molecule has 0 aliphatic carbocycles. The number of nitrogens with one attached hydrogen (secondary N) is 1. The summed E-state index contributed by atoms with van der Waals surface area (Å²) in [6, 6.07) is 13.5. The fraction of sp³-hybridized carbons (Fsp3) is 0.389. The second-order valence-electron chi connectivity index (χ2n) is 6.55. The maximum atomic E-state index is 6.01. The summed E-state index contributed by atoms with van der Waals surface area (Å²) in [5.74, 6) is 1.56. The van der Waals surface area contributed by atoms with Crippen molar-refractivity contribution in [1.29, 1.82) is 0 Å². The van der Waals surface area contributed by atoms with Crippen LogP contribution in [0.4, 0.5) is 0 Å². The zero-order chi connectivity index (χ0) is 18.1. The predicted molar refractivity (Wildman–Crippen MR) is 92.2 cm³/mol. The molecule has 9 heteroatoms. The summed E-state index contributed by atoms with van der Waals surface area (Å²) < 4.78 is 24.9. The number of furan rings is 1. The van der Waals surface area contributed by atoms with Gasteiger partial charge in [-0.25, -0.2) is 0 Å². The molecule has 0 amide bonds. The van der Waals surface area contributed by atoms with Crippen LogP contribution in [0.3, 0.4) is 0 Å². The molecule has 2 saturated heterocycles. The Kier molecular flexibility index (Phi) is 4.32. The zero-order valence-electron chi connectivity index (χ0n) is 14.5. The predicted octanol–water partition coefficient (Wildman–Crippen LogP) is 1.56. The number of tetrazole rings is 1. The summed E-state index contributed by atoms with van der Waals surface area (Å²) in [6.07, 6.45) is 1.46. The van der Waals surface area contributed by atoms with Gasteiger partial charge in [-0.2, -0.15) is 4.68 Å². The summed E-state index contributed by atoms with van der Waals surface area (Å²) in [4.78, 5) is 0. The minimum atomic E-state index is -0.140. The van der Waals surface area contributed by atoms with Crippen LogP contribution in [0.25, 0.3) is 0 Å². The minimum absolute atomic E-state index is 0.0706. The number of aromatic nitrogens is 4.